The van der Waals surface area contributed by atoms with Gasteiger partial charge in [0.2, 0.25) is 5.95 Å². The molecule has 3 aromatic rings. The predicted octanol–water partition coefficient (Wildman–Crippen LogP) is 4.08. The number of nitrogens with zero attached hydrogens (tertiary/aromatic N) is 3. The second-order valence-electron chi connectivity index (χ2n) is 9.44. The maximum absolute atomic E-state index is 13.8. The second-order valence-corrected chi connectivity index (χ2v) is 9.44. The summed E-state index contributed by atoms with van der Waals surface area (Å²) in [5.74, 6) is 5.44. The summed E-state index contributed by atoms with van der Waals surface area (Å²) in [6, 6.07) is 12.3. The molecule has 2 heterocycles. The van der Waals surface area contributed by atoms with E-state index in [1.165, 1.54) is 14.2 Å². The summed E-state index contributed by atoms with van der Waals surface area (Å²) in [6.45, 7) is 1.64. The fraction of sp³-hybridized carbons (Fsp3) is 0.310. The molecule has 1 saturated heterocycles. The number of hydrogen-bond donors (Lipinski definition) is 1. The number of carbonyl (C=O) groups is 2. The first-order valence-electron chi connectivity index (χ1n) is 12.9. The lowest BCUT2D eigenvalue weighted by Gasteiger charge is -2.31. The molecule has 2 aromatic carbocycles. The molecule has 0 bridgehead atoms. The van der Waals surface area contributed by atoms with Gasteiger partial charge < -0.3 is 24.4 Å². The number of aromatic nitrogens is 2. The zero-order valence-electron chi connectivity index (χ0n) is 22.6. The van der Waals surface area contributed by atoms with E-state index in [2.05, 4.69) is 31.9 Å². The van der Waals surface area contributed by atoms with Gasteiger partial charge in [-0.15, -0.1) is 0 Å². The van der Waals surface area contributed by atoms with E-state index in [9.17, 15) is 22.8 Å². The van der Waals surface area contributed by atoms with Crippen molar-refractivity contribution in [3.8, 4) is 17.6 Å². The summed E-state index contributed by atoms with van der Waals surface area (Å²) in [6.07, 6.45) is -1.40. The van der Waals surface area contributed by atoms with E-state index in [0.717, 1.165) is 37.7 Å². The Morgan fingerprint density at radius 3 is 2.61 bits per heavy atom. The molecule has 1 aromatic heterocycles. The van der Waals surface area contributed by atoms with Crippen LogP contribution in [0.3, 0.4) is 0 Å². The first-order valence-corrected chi connectivity index (χ1v) is 12.9. The molecular formula is C29H28BF3N4O4. The Bertz CT molecular complexity index is 1460. The van der Waals surface area contributed by atoms with Gasteiger partial charge in [0.1, 0.15) is 17.0 Å². The van der Waals surface area contributed by atoms with E-state index < -0.39 is 23.4 Å². The van der Waals surface area contributed by atoms with E-state index in [4.69, 9.17) is 9.47 Å². The summed E-state index contributed by atoms with van der Waals surface area (Å²) in [4.78, 5) is 32.6. The number of benzene rings is 2. The van der Waals surface area contributed by atoms with Gasteiger partial charge in [-0.1, -0.05) is 30.2 Å². The third kappa shape index (κ3) is 7.64. The number of methoxy groups -OCH3 is 2. The number of alkyl halides is 3. The molecule has 0 aliphatic carbocycles. The highest BCUT2D eigenvalue weighted by molar-refractivity contribution is 6.64. The van der Waals surface area contributed by atoms with Crippen LogP contribution in [0, 0.1) is 11.8 Å². The quantitative estimate of drug-likeness (QED) is 0.189. The van der Waals surface area contributed by atoms with Crippen molar-refractivity contribution < 1.29 is 32.2 Å². The summed E-state index contributed by atoms with van der Waals surface area (Å²) >= 11 is 0. The molecule has 0 radical (unpaired) electrons. The molecule has 41 heavy (non-hydrogen) atoms. The zero-order valence-corrected chi connectivity index (χ0v) is 22.6. The van der Waals surface area contributed by atoms with Crippen LogP contribution in [-0.2, 0) is 26.9 Å². The molecule has 0 atom stereocenters. The van der Waals surface area contributed by atoms with Gasteiger partial charge in [-0.25, -0.2) is 9.97 Å². The third-order valence-corrected chi connectivity index (χ3v) is 6.85. The number of hydrogen-bond acceptors (Lipinski definition) is 8. The molecule has 12 heteroatoms. The smallest absolute Gasteiger partial charge is 0.420 e. The number of nitrogens with one attached hydrogen (secondary N) is 1. The van der Waals surface area contributed by atoms with E-state index >= 15 is 0 Å². The summed E-state index contributed by atoms with van der Waals surface area (Å²) in [5, 5.41) is 2.95. The fourth-order valence-electron chi connectivity index (χ4n) is 4.64. The van der Waals surface area contributed by atoms with Gasteiger partial charge in [0.05, 0.1) is 32.5 Å². The highest BCUT2D eigenvalue weighted by Gasteiger charge is 2.35. The topological polar surface area (TPSA) is 93.7 Å². The molecule has 1 aliphatic rings. The third-order valence-electron chi connectivity index (χ3n) is 6.85. The Kier molecular flexibility index (Phi) is 9.63. The maximum Gasteiger partial charge on any atom is 0.420 e. The lowest BCUT2D eigenvalue weighted by atomic mass is 9.84. The van der Waals surface area contributed by atoms with Crippen LogP contribution in [0.4, 0.5) is 24.8 Å². The van der Waals surface area contributed by atoms with Gasteiger partial charge >= 0.3 is 12.1 Å². The summed E-state index contributed by atoms with van der Waals surface area (Å²) in [5.41, 5.74) is 0.866. The molecule has 0 amide bonds. The van der Waals surface area contributed by atoms with Crippen LogP contribution in [0.5, 0.6) is 5.75 Å². The minimum atomic E-state index is -4.73. The van der Waals surface area contributed by atoms with Crippen molar-refractivity contribution in [1.82, 2.24) is 14.8 Å². The molecular weight excluding hydrogens is 536 g/mol. The molecule has 8 nitrogen and oxygen atoms in total. The molecule has 1 N–H and O–H groups in total. The highest BCUT2D eigenvalue weighted by Crippen LogP contribution is 2.35. The van der Waals surface area contributed by atoms with Crippen molar-refractivity contribution in [1.29, 1.82) is 0 Å². The fourth-order valence-corrected chi connectivity index (χ4v) is 4.64. The number of piperidine rings is 1. The minimum Gasteiger partial charge on any atom is -0.495 e. The SMILES string of the molecule is COC(=O)Cc1ccccc1C#Cc1nc(Nc2ccc(C3CCN(BC=O)CC3)cc2OC)ncc1C(F)(F)F. The number of rotatable bonds is 8. The van der Waals surface area contributed by atoms with Crippen LogP contribution < -0.4 is 10.1 Å². The van der Waals surface area contributed by atoms with Crippen LogP contribution >= 0.6 is 0 Å². The van der Waals surface area contributed by atoms with Gasteiger partial charge in [-0.2, -0.15) is 13.2 Å². The molecule has 1 aliphatic heterocycles. The Balaban J connectivity index is 1.60. The van der Waals surface area contributed by atoms with Crippen LogP contribution in [0.2, 0.25) is 0 Å². The summed E-state index contributed by atoms with van der Waals surface area (Å²) < 4.78 is 51.6. The first kappa shape index (κ1) is 29.6. The summed E-state index contributed by atoms with van der Waals surface area (Å²) in [7, 11) is 3.19. The number of carbonyl (C=O) groups excluding carboxylic acids is 2. The van der Waals surface area contributed by atoms with E-state index in [0.29, 0.717) is 42.1 Å². The molecule has 212 valence electrons. The molecule has 0 unspecified atom stereocenters. The van der Waals surface area contributed by atoms with Crippen LogP contribution in [0.1, 0.15) is 46.7 Å². The monoisotopic (exact) mass is 564 g/mol. The molecule has 4 rings (SSSR count). The Morgan fingerprint density at radius 2 is 1.93 bits per heavy atom. The van der Waals surface area contributed by atoms with Crippen LogP contribution in [-0.4, -0.2) is 61.7 Å². The van der Waals surface area contributed by atoms with Gasteiger partial charge in [-0.3, -0.25) is 4.79 Å². The van der Waals surface area contributed by atoms with E-state index in [1.54, 1.807) is 30.3 Å². The normalized spacial score (nSPS) is 14.0. The number of esters is 1. The van der Waals surface area contributed by atoms with Crippen molar-refractivity contribution in [2.45, 2.75) is 31.4 Å². The minimum absolute atomic E-state index is 0.0717. The lowest BCUT2D eigenvalue weighted by molar-refractivity contribution is -0.140. The second kappa shape index (κ2) is 13.3. The van der Waals surface area contributed by atoms with Crippen molar-refractivity contribution in [2.24, 2.45) is 0 Å². The molecule has 0 spiro atoms. The average Bonchev–Trinajstić information content (AvgIpc) is 2.97. The van der Waals surface area contributed by atoms with Gasteiger partial charge in [0, 0.05) is 11.8 Å². The average molecular weight is 564 g/mol. The zero-order chi connectivity index (χ0) is 29.4. The number of ether oxygens (including phenoxy) is 2. The van der Waals surface area contributed by atoms with Crippen LogP contribution in [0.25, 0.3) is 0 Å². The first-order chi connectivity index (χ1) is 19.7. The highest BCUT2D eigenvalue weighted by atomic mass is 19.4. The van der Waals surface area contributed by atoms with E-state index in [1.807, 2.05) is 12.1 Å². The van der Waals surface area contributed by atoms with E-state index in [-0.39, 0.29) is 12.4 Å². The molecule has 1 fully saturated rings. The number of halogens is 3. The van der Waals surface area contributed by atoms with Gasteiger partial charge in [0.15, 0.2) is 0 Å². The van der Waals surface area contributed by atoms with Gasteiger partial charge in [-0.05, 0) is 67.1 Å². The largest absolute Gasteiger partial charge is 0.495 e. The molecule has 0 saturated carbocycles. The Hall–Kier alpha value is -4.37. The lowest BCUT2D eigenvalue weighted by Crippen LogP contribution is -2.36. The van der Waals surface area contributed by atoms with Gasteiger partial charge in [0.25, 0.3) is 7.41 Å². The van der Waals surface area contributed by atoms with Crippen molar-refractivity contribution in [3.63, 3.8) is 0 Å². The van der Waals surface area contributed by atoms with Crippen molar-refractivity contribution in [3.05, 3.63) is 76.6 Å². The van der Waals surface area contributed by atoms with Crippen molar-refractivity contribution in [2.75, 3.05) is 32.6 Å². The standard InChI is InChI=1S/C29H28BF3N4O4/c1-40-26-15-22(20-11-13-37(14-12-20)30-18-38)8-10-25(26)36-28-34-17-23(29(31,32)33)24(35-28)9-7-19-5-3-4-6-21(19)16-27(39)41-2/h3-6,8,10,15,17-18,20,30H,11-14,16H2,1-2H3,(H,34,35,36). The predicted molar refractivity (Wildman–Crippen MR) is 149 cm³/mol. The Labute approximate surface area is 236 Å². The number of anilines is 2. The maximum atomic E-state index is 13.8. The van der Waals surface area contributed by atoms with Crippen molar-refractivity contribution >= 4 is 31.2 Å². The van der Waals surface area contributed by atoms with Crippen LogP contribution in [0.15, 0.2) is 48.7 Å². The Morgan fingerprint density at radius 1 is 1.17 bits per heavy atom.